The summed E-state index contributed by atoms with van der Waals surface area (Å²) in [7, 11) is -2.20. The van der Waals surface area contributed by atoms with Gasteiger partial charge in [-0.15, -0.1) is 0 Å². The molecule has 1 aliphatic heterocycles. The first-order chi connectivity index (χ1) is 9.95. The number of sulfonamides is 1. The van der Waals surface area contributed by atoms with Gasteiger partial charge < -0.3 is 15.4 Å². The molecule has 7 nitrogen and oxygen atoms in total. The molecule has 2 rings (SSSR count). The molecule has 1 amide bonds. The summed E-state index contributed by atoms with van der Waals surface area (Å²) in [5, 5.41) is 5.79. The lowest BCUT2D eigenvalue weighted by Gasteiger charge is -2.23. The highest BCUT2D eigenvalue weighted by Gasteiger charge is 2.23. The molecule has 0 radical (unpaired) electrons. The first-order valence-electron chi connectivity index (χ1n) is 6.61. The first-order valence-corrected chi connectivity index (χ1v) is 8.09. The van der Waals surface area contributed by atoms with Gasteiger partial charge in [-0.05, 0) is 31.7 Å². The highest BCUT2D eigenvalue weighted by molar-refractivity contribution is 7.89. The number of benzene rings is 1. The average molecular weight is 313 g/mol. The van der Waals surface area contributed by atoms with E-state index < -0.39 is 16.1 Å². The summed E-state index contributed by atoms with van der Waals surface area (Å²) in [6, 6.07) is 4.34. The van der Waals surface area contributed by atoms with E-state index >= 15 is 0 Å². The predicted molar refractivity (Wildman–Crippen MR) is 78.7 cm³/mol. The second-order valence-corrected chi connectivity index (χ2v) is 6.56. The average Bonchev–Trinajstić information content (AvgIpc) is 2.50. The summed E-state index contributed by atoms with van der Waals surface area (Å²) in [5.41, 5.74) is 0.973. The van der Waals surface area contributed by atoms with Crippen LogP contribution in [0.25, 0.3) is 0 Å². The SMILES string of the molecule is CNS(=O)(=O)c1cccc(NC(=O)C2COCCN2)c1C. The lowest BCUT2D eigenvalue weighted by molar-refractivity contribution is -0.120. The molecule has 1 aliphatic rings. The lowest BCUT2D eigenvalue weighted by Crippen LogP contribution is -2.48. The Kier molecular flexibility index (Phi) is 4.94. The Bertz CT molecular complexity index is 624. The van der Waals surface area contributed by atoms with Gasteiger partial charge in [-0.2, -0.15) is 0 Å². The molecule has 8 heteroatoms. The van der Waals surface area contributed by atoms with Gasteiger partial charge in [-0.3, -0.25) is 4.79 Å². The third-order valence-electron chi connectivity index (χ3n) is 3.34. The normalized spacial score (nSPS) is 19.2. The Morgan fingerprint density at radius 3 is 2.81 bits per heavy atom. The second kappa shape index (κ2) is 6.52. The molecule has 0 aliphatic carbocycles. The van der Waals surface area contributed by atoms with Crippen molar-refractivity contribution < 1.29 is 17.9 Å². The molecule has 1 fully saturated rings. The number of ether oxygens (including phenoxy) is 1. The van der Waals surface area contributed by atoms with Gasteiger partial charge in [0, 0.05) is 12.2 Å². The molecule has 0 spiro atoms. The molecule has 1 saturated heterocycles. The van der Waals surface area contributed by atoms with Crippen LogP contribution in [-0.2, 0) is 19.6 Å². The van der Waals surface area contributed by atoms with Crippen molar-refractivity contribution in [2.75, 3.05) is 32.1 Å². The molecule has 0 aromatic heterocycles. The predicted octanol–water partition coefficient (Wildman–Crippen LogP) is -0.170. The van der Waals surface area contributed by atoms with Crippen molar-refractivity contribution in [2.24, 2.45) is 0 Å². The van der Waals surface area contributed by atoms with Gasteiger partial charge in [0.1, 0.15) is 6.04 Å². The lowest BCUT2D eigenvalue weighted by atomic mass is 10.2. The number of morpholine rings is 1. The minimum absolute atomic E-state index is 0.149. The maximum absolute atomic E-state index is 12.1. The minimum Gasteiger partial charge on any atom is -0.378 e. The number of rotatable bonds is 4. The largest absolute Gasteiger partial charge is 0.378 e. The number of carbonyl (C=O) groups excluding carboxylic acids is 1. The Balaban J connectivity index is 2.21. The van der Waals surface area contributed by atoms with Crippen LogP contribution >= 0.6 is 0 Å². The molecule has 1 unspecified atom stereocenters. The van der Waals surface area contributed by atoms with Crippen molar-refractivity contribution in [1.29, 1.82) is 0 Å². The van der Waals surface area contributed by atoms with Crippen molar-refractivity contribution >= 4 is 21.6 Å². The van der Waals surface area contributed by atoms with E-state index in [9.17, 15) is 13.2 Å². The van der Waals surface area contributed by atoms with Crippen molar-refractivity contribution in [1.82, 2.24) is 10.0 Å². The Morgan fingerprint density at radius 1 is 1.43 bits per heavy atom. The molecule has 116 valence electrons. The third-order valence-corrected chi connectivity index (χ3v) is 4.90. The van der Waals surface area contributed by atoms with E-state index in [0.29, 0.717) is 31.0 Å². The van der Waals surface area contributed by atoms with Crippen LogP contribution in [0.15, 0.2) is 23.1 Å². The summed E-state index contributed by atoms with van der Waals surface area (Å²) in [6.45, 7) is 3.16. The van der Waals surface area contributed by atoms with Crippen LogP contribution in [0.3, 0.4) is 0 Å². The molecular weight excluding hydrogens is 294 g/mol. The van der Waals surface area contributed by atoms with Crippen molar-refractivity contribution in [3.63, 3.8) is 0 Å². The molecule has 1 atom stereocenters. The van der Waals surface area contributed by atoms with Crippen LogP contribution < -0.4 is 15.4 Å². The molecule has 0 bridgehead atoms. The Morgan fingerprint density at radius 2 is 2.19 bits per heavy atom. The zero-order chi connectivity index (χ0) is 15.5. The monoisotopic (exact) mass is 313 g/mol. The summed E-state index contributed by atoms with van der Waals surface area (Å²) in [6.07, 6.45) is 0. The molecule has 3 N–H and O–H groups in total. The van der Waals surface area contributed by atoms with Gasteiger partial charge in [0.15, 0.2) is 0 Å². The van der Waals surface area contributed by atoms with Crippen LogP contribution in [0.4, 0.5) is 5.69 Å². The highest BCUT2D eigenvalue weighted by atomic mass is 32.2. The van der Waals surface area contributed by atoms with E-state index in [1.165, 1.54) is 13.1 Å². The van der Waals surface area contributed by atoms with Gasteiger partial charge in [-0.1, -0.05) is 6.07 Å². The highest BCUT2D eigenvalue weighted by Crippen LogP contribution is 2.23. The van der Waals surface area contributed by atoms with Crippen molar-refractivity contribution in [3.8, 4) is 0 Å². The van der Waals surface area contributed by atoms with E-state index in [1.807, 2.05) is 0 Å². The zero-order valence-corrected chi connectivity index (χ0v) is 12.8. The van der Waals surface area contributed by atoms with Gasteiger partial charge in [0.2, 0.25) is 15.9 Å². The maximum Gasteiger partial charge on any atom is 0.243 e. The van der Waals surface area contributed by atoms with Gasteiger partial charge in [0.05, 0.1) is 18.1 Å². The molecule has 0 saturated carbocycles. The van der Waals surface area contributed by atoms with E-state index in [0.717, 1.165) is 0 Å². The van der Waals surface area contributed by atoms with E-state index in [-0.39, 0.29) is 10.8 Å². The van der Waals surface area contributed by atoms with Crippen LogP contribution in [0.2, 0.25) is 0 Å². The fourth-order valence-electron chi connectivity index (χ4n) is 2.10. The van der Waals surface area contributed by atoms with Crippen LogP contribution in [0.1, 0.15) is 5.56 Å². The Hall–Kier alpha value is -1.48. The summed E-state index contributed by atoms with van der Waals surface area (Å²) >= 11 is 0. The number of nitrogens with one attached hydrogen (secondary N) is 3. The molecule has 1 aromatic carbocycles. The Labute approximate surface area is 124 Å². The molecule has 1 aromatic rings. The second-order valence-electron chi connectivity index (χ2n) is 4.71. The molecule has 21 heavy (non-hydrogen) atoms. The number of hydrogen-bond acceptors (Lipinski definition) is 5. The summed E-state index contributed by atoms with van der Waals surface area (Å²) in [4.78, 5) is 12.3. The fourth-order valence-corrected chi connectivity index (χ4v) is 3.10. The van der Waals surface area contributed by atoms with Crippen LogP contribution in [0, 0.1) is 6.92 Å². The number of carbonyl (C=O) groups is 1. The minimum atomic E-state index is -3.55. The van der Waals surface area contributed by atoms with E-state index in [1.54, 1.807) is 19.1 Å². The summed E-state index contributed by atoms with van der Waals surface area (Å²) in [5.74, 6) is -0.239. The third kappa shape index (κ3) is 3.59. The van der Waals surface area contributed by atoms with Crippen LogP contribution in [-0.4, -0.2) is 47.2 Å². The standard InChI is InChI=1S/C13H19N3O4S/c1-9-10(4-3-5-12(9)21(18,19)14-2)16-13(17)11-8-20-7-6-15-11/h3-5,11,14-15H,6-8H2,1-2H3,(H,16,17). The maximum atomic E-state index is 12.1. The van der Waals surface area contributed by atoms with Crippen molar-refractivity contribution in [2.45, 2.75) is 17.9 Å². The van der Waals surface area contributed by atoms with E-state index in [2.05, 4.69) is 15.4 Å². The summed E-state index contributed by atoms with van der Waals surface area (Å²) < 4.78 is 31.3. The number of hydrogen-bond donors (Lipinski definition) is 3. The molecular formula is C13H19N3O4S. The van der Waals surface area contributed by atoms with Gasteiger partial charge >= 0.3 is 0 Å². The smallest absolute Gasteiger partial charge is 0.243 e. The topological polar surface area (TPSA) is 96.5 Å². The number of anilines is 1. The zero-order valence-electron chi connectivity index (χ0n) is 12.0. The number of amides is 1. The fraction of sp³-hybridized carbons (Fsp3) is 0.462. The van der Waals surface area contributed by atoms with E-state index in [4.69, 9.17) is 4.74 Å². The van der Waals surface area contributed by atoms with Crippen molar-refractivity contribution in [3.05, 3.63) is 23.8 Å². The first kappa shape index (κ1) is 15.9. The van der Waals surface area contributed by atoms with Crippen LogP contribution in [0.5, 0.6) is 0 Å². The molecule has 1 heterocycles. The van der Waals surface area contributed by atoms with Gasteiger partial charge in [0.25, 0.3) is 0 Å². The van der Waals surface area contributed by atoms with Gasteiger partial charge in [-0.25, -0.2) is 13.1 Å². The quantitative estimate of drug-likeness (QED) is 0.717.